The maximum atomic E-state index is 4.59. The molecule has 0 saturated carbocycles. The topological polar surface area (TPSA) is 37.0 Å². The van der Waals surface area contributed by atoms with E-state index in [9.17, 15) is 0 Å². The largest absolute Gasteiger partial charge is 0.389 e. The van der Waals surface area contributed by atoms with Gasteiger partial charge in [0, 0.05) is 17.9 Å². The maximum Gasteiger partial charge on any atom is 0.0707 e. The number of hydrogen-bond donors (Lipinski definition) is 2. The fourth-order valence-electron chi connectivity index (χ4n) is 2.58. The molecule has 2 atom stereocenters. The van der Waals surface area contributed by atoms with Crippen LogP contribution >= 0.6 is 0 Å². The number of benzene rings is 1. The lowest BCUT2D eigenvalue weighted by atomic mass is 10.0. The van der Waals surface area contributed by atoms with Gasteiger partial charge in [-0.05, 0) is 57.2 Å². The lowest BCUT2D eigenvalue weighted by Crippen LogP contribution is -2.26. The fraction of sp³-hybridized carbons (Fsp3) is 0.316. The molecule has 0 aliphatic rings. The van der Waals surface area contributed by atoms with Gasteiger partial charge in [0.2, 0.25) is 0 Å². The van der Waals surface area contributed by atoms with Gasteiger partial charge in [-0.2, -0.15) is 0 Å². The first-order valence-electron chi connectivity index (χ1n) is 7.72. The number of anilines is 1. The van der Waals surface area contributed by atoms with Gasteiger partial charge in [-0.1, -0.05) is 30.3 Å². The van der Waals surface area contributed by atoms with Crippen molar-refractivity contribution in [2.45, 2.75) is 39.3 Å². The summed E-state index contributed by atoms with van der Waals surface area (Å²) in [5.41, 5.74) is 4.68. The summed E-state index contributed by atoms with van der Waals surface area (Å²) < 4.78 is 0. The van der Waals surface area contributed by atoms with Crippen LogP contribution in [0.4, 0.5) is 5.69 Å². The average Bonchev–Trinajstić information content (AvgIpc) is 2.49. The van der Waals surface area contributed by atoms with Crippen molar-refractivity contribution in [1.29, 1.82) is 0 Å². The summed E-state index contributed by atoms with van der Waals surface area (Å²) in [5, 5.41) is 6.87. The minimum Gasteiger partial charge on any atom is -0.389 e. The van der Waals surface area contributed by atoms with Crippen LogP contribution in [0.3, 0.4) is 0 Å². The molecule has 0 spiro atoms. The number of nitrogens with zero attached hydrogens (tertiary/aromatic N) is 1. The van der Waals surface area contributed by atoms with Crippen LogP contribution in [0.25, 0.3) is 0 Å². The van der Waals surface area contributed by atoms with Gasteiger partial charge in [0.1, 0.15) is 0 Å². The van der Waals surface area contributed by atoms with Crippen molar-refractivity contribution in [2.75, 3.05) is 5.32 Å². The SMILES string of the molecule is C=CNC(C)CC(Nc1ccc(C)cc1)c1ncccc1C. The quantitative estimate of drug-likeness (QED) is 0.796. The van der Waals surface area contributed by atoms with Crippen molar-refractivity contribution in [3.8, 4) is 0 Å². The van der Waals surface area contributed by atoms with E-state index in [1.165, 1.54) is 11.1 Å². The zero-order valence-electron chi connectivity index (χ0n) is 13.6. The first kappa shape index (κ1) is 16.1. The second-order valence-corrected chi connectivity index (χ2v) is 5.78. The van der Waals surface area contributed by atoms with Crippen molar-refractivity contribution in [1.82, 2.24) is 10.3 Å². The third-order valence-corrected chi connectivity index (χ3v) is 3.76. The molecule has 116 valence electrons. The highest BCUT2D eigenvalue weighted by atomic mass is 15.0. The molecule has 0 aliphatic carbocycles. The van der Waals surface area contributed by atoms with E-state index < -0.39 is 0 Å². The van der Waals surface area contributed by atoms with E-state index in [4.69, 9.17) is 0 Å². The van der Waals surface area contributed by atoms with E-state index in [1.807, 2.05) is 12.3 Å². The molecule has 0 saturated heterocycles. The van der Waals surface area contributed by atoms with E-state index in [1.54, 1.807) is 6.20 Å². The molecule has 0 amide bonds. The summed E-state index contributed by atoms with van der Waals surface area (Å²) in [6.07, 6.45) is 4.54. The van der Waals surface area contributed by atoms with Gasteiger partial charge >= 0.3 is 0 Å². The molecule has 3 nitrogen and oxygen atoms in total. The zero-order valence-corrected chi connectivity index (χ0v) is 13.6. The van der Waals surface area contributed by atoms with Crippen LogP contribution in [-0.2, 0) is 0 Å². The van der Waals surface area contributed by atoms with Crippen molar-refractivity contribution in [2.24, 2.45) is 0 Å². The molecule has 3 heteroatoms. The molecule has 1 aromatic heterocycles. The lowest BCUT2D eigenvalue weighted by molar-refractivity contribution is 0.531. The second kappa shape index (κ2) is 7.64. The Kier molecular flexibility index (Phi) is 5.59. The molecule has 2 unspecified atom stereocenters. The van der Waals surface area contributed by atoms with E-state index in [2.05, 4.69) is 73.3 Å². The molecule has 0 radical (unpaired) electrons. The van der Waals surface area contributed by atoms with Gasteiger partial charge in [-0.3, -0.25) is 4.98 Å². The van der Waals surface area contributed by atoms with Gasteiger partial charge in [0.15, 0.2) is 0 Å². The summed E-state index contributed by atoms with van der Waals surface area (Å²) in [6, 6.07) is 13.0. The Hall–Kier alpha value is -2.29. The van der Waals surface area contributed by atoms with Crippen LogP contribution in [0.2, 0.25) is 0 Å². The van der Waals surface area contributed by atoms with Crippen molar-refractivity contribution in [3.63, 3.8) is 0 Å². The second-order valence-electron chi connectivity index (χ2n) is 5.78. The third-order valence-electron chi connectivity index (χ3n) is 3.76. The molecular weight excluding hydrogens is 270 g/mol. The van der Waals surface area contributed by atoms with E-state index >= 15 is 0 Å². The predicted molar refractivity (Wildman–Crippen MR) is 93.9 cm³/mol. The minimum atomic E-state index is 0.159. The van der Waals surface area contributed by atoms with E-state index in [0.717, 1.165) is 17.8 Å². The van der Waals surface area contributed by atoms with Crippen LogP contribution in [0.15, 0.2) is 55.4 Å². The Morgan fingerprint density at radius 3 is 2.55 bits per heavy atom. The smallest absolute Gasteiger partial charge is 0.0707 e. The standard InChI is InChI=1S/C19H25N3/c1-5-20-16(4)13-18(19-15(3)7-6-12-21-19)22-17-10-8-14(2)9-11-17/h5-12,16,18,20,22H,1,13H2,2-4H3. The molecule has 2 rings (SSSR count). The monoisotopic (exact) mass is 295 g/mol. The van der Waals surface area contributed by atoms with Crippen molar-refractivity contribution in [3.05, 3.63) is 72.2 Å². The summed E-state index contributed by atoms with van der Waals surface area (Å²) in [5.74, 6) is 0. The highest BCUT2D eigenvalue weighted by Crippen LogP contribution is 2.25. The number of hydrogen-bond acceptors (Lipinski definition) is 3. The van der Waals surface area contributed by atoms with Gasteiger partial charge < -0.3 is 10.6 Å². The van der Waals surface area contributed by atoms with Gasteiger partial charge in [0.25, 0.3) is 0 Å². The minimum absolute atomic E-state index is 0.159. The molecule has 22 heavy (non-hydrogen) atoms. The van der Waals surface area contributed by atoms with Crippen molar-refractivity contribution >= 4 is 5.69 Å². The molecule has 0 fully saturated rings. The van der Waals surface area contributed by atoms with Crippen LogP contribution in [-0.4, -0.2) is 11.0 Å². The summed E-state index contributed by atoms with van der Waals surface area (Å²) in [4.78, 5) is 4.59. The summed E-state index contributed by atoms with van der Waals surface area (Å²) in [6.45, 7) is 10.1. The third kappa shape index (κ3) is 4.35. The fourth-order valence-corrected chi connectivity index (χ4v) is 2.58. The van der Waals surface area contributed by atoms with Crippen molar-refractivity contribution < 1.29 is 0 Å². The average molecular weight is 295 g/mol. The summed E-state index contributed by atoms with van der Waals surface area (Å²) >= 11 is 0. The number of aryl methyl sites for hydroxylation is 2. The van der Waals surface area contributed by atoms with Crippen LogP contribution < -0.4 is 10.6 Å². The first-order valence-corrected chi connectivity index (χ1v) is 7.72. The molecule has 2 aromatic rings. The van der Waals surface area contributed by atoms with Crippen LogP contribution in [0.5, 0.6) is 0 Å². The van der Waals surface area contributed by atoms with E-state index in [-0.39, 0.29) is 6.04 Å². The predicted octanol–water partition coefficient (Wildman–Crippen LogP) is 4.36. The molecule has 2 N–H and O–H groups in total. The Labute approximate surface area is 133 Å². The molecular formula is C19H25N3. The Morgan fingerprint density at radius 1 is 1.18 bits per heavy atom. The lowest BCUT2D eigenvalue weighted by Gasteiger charge is -2.24. The van der Waals surface area contributed by atoms with Gasteiger partial charge in [-0.25, -0.2) is 0 Å². The molecule has 0 aliphatic heterocycles. The van der Waals surface area contributed by atoms with Gasteiger partial charge in [-0.15, -0.1) is 0 Å². The number of rotatable bonds is 7. The van der Waals surface area contributed by atoms with Gasteiger partial charge in [0.05, 0.1) is 11.7 Å². The highest BCUT2D eigenvalue weighted by Gasteiger charge is 2.17. The normalized spacial score (nSPS) is 13.2. The number of pyridine rings is 1. The van der Waals surface area contributed by atoms with Crippen LogP contribution in [0, 0.1) is 13.8 Å². The highest BCUT2D eigenvalue weighted by molar-refractivity contribution is 5.46. The molecule has 1 aromatic carbocycles. The van der Waals surface area contributed by atoms with Crippen LogP contribution in [0.1, 0.15) is 36.2 Å². The Balaban J connectivity index is 2.23. The summed E-state index contributed by atoms with van der Waals surface area (Å²) in [7, 11) is 0. The number of aromatic nitrogens is 1. The Bertz CT molecular complexity index is 604. The number of nitrogens with one attached hydrogen (secondary N) is 2. The zero-order chi connectivity index (χ0) is 15.9. The Morgan fingerprint density at radius 2 is 1.91 bits per heavy atom. The molecule has 0 bridgehead atoms. The van der Waals surface area contributed by atoms with E-state index in [0.29, 0.717) is 6.04 Å². The molecule has 1 heterocycles. The first-order chi connectivity index (χ1) is 10.6. The maximum absolute atomic E-state index is 4.59.